The summed E-state index contributed by atoms with van der Waals surface area (Å²) in [5, 5.41) is 12.4. The Hall–Kier alpha value is -2.08. The smallest absolute Gasteiger partial charge is 0.191 e. The van der Waals surface area contributed by atoms with Crippen LogP contribution in [0.15, 0.2) is 45.7 Å². The number of benzene rings is 1. The predicted octanol–water partition coefficient (Wildman–Crippen LogP) is 2.21. The molecule has 0 aliphatic heterocycles. The highest BCUT2D eigenvalue weighted by atomic mass is 32.2. The number of nitrogens with two attached hydrogens (primary N) is 1. The molecule has 6 heteroatoms. The summed E-state index contributed by atoms with van der Waals surface area (Å²) in [4.78, 5) is 9.48. The van der Waals surface area contributed by atoms with Gasteiger partial charge in [0.05, 0.1) is 0 Å². The molecule has 0 saturated carbocycles. The van der Waals surface area contributed by atoms with Gasteiger partial charge in [-0.3, -0.25) is 0 Å². The van der Waals surface area contributed by atoms with E-state index in [4.69, 9.17) is 10.9 Å². The van der Waals surface area contributed by atoms with Gasteiger partial charge in [0, 0.05) is 17.3 Å². The predicted molar refractivity (Wildman–Crippen MR) is 77.1 cm³/mol. The number of nitrogens with zero attached hydrogens (tertiary/aromatic N) is 3. The van der Waals surface area contributed by atoms with E-state index in [1.165, 1.54) is 41.9 Å². The third-order valence-corrected chi connectivity index (χ3v) is 4.28. The van der Waals surface area contributed by atoms with Gasteiger partial charge in [-0.05, 0) is 42.5 Å². The minimum atomic E-state index is -0.0261. The second-order valence-corrected chi connectivity index (χ2v) is 5.64. The molecule has 20 heavy (non-hydrogen) atoms. The third kappa shape index (κ3) is 2.46. The first kappa shape index (κ1) is 12.9. The van der Waals surface area contributed by atoms with Gasteiger partial charge in [-0.25, -0.2) is 9.97 Å². The van der Waals surface area contributed by atoms with Crippen molar-refractivity contribution in [3.8, 4) is 0 Å². The topological polar surface area (TPSA) is 84.4 Å². The van der Waals surface area contributed by atoms with Crippen LogP contribution in [0.1, 0.15) is 23.2 Å². The lowest BCUT2D eigenvalue weighted by atomic mass is 10.1. The summed E-state index contributed by atoms with van der Waals surface area (Å²) >= 11 is 1.48. The molecule has 102 valence electrons. The fourth-order valence-electron chi connectivity index (χ4n) is 2.35. The first-order valence-corrected chi connectivity index (χ1v) is 7.18. The van der Waals surface area contributed by atoms with E-state index in [9.17, 15) is 0 Å². The van der Waals surface area contributed by atoms with Crippen LogP contribution in [0.25, 0.3) is 0 Å². The number of fused-ring (bicyclic) bond motifs is 1. The number of aromatic nitrogens is 2. The van der Waals surface area contributed by atoms with Gasteiger partial charge in [-0.2, -0.15) is 0 Å². The van der Waals surface area contributed by atoms with Crippen molar-refractivity contribution < 1.29 is 5.21 Å². The standard InChI is InChI=1S/C14H14N4OS/c15-13(18-19)12-14(17-7-6-16-12)20-11-5-4-9-2-1-3-10(9)8-11/h4-8,19H,1-3H2,(H2,15,18). The van der Waals surface area contributed by atoms with Crippen molar-refractivity contribution in [2.45, 2.75) is 29.2 Å². The van der Waals surface area contributed by atoms with Gasteiger partial charge < -0.3 is 10.9 Å². The van der Waals surface area contributed by atoms with E-state index in [0.717, 1.165) is 11.3 Å². The summed E-state index contributed by atoms with van der Waals surface area (Å²) in [5.41, 5.74) is 8.87. The van der Waals surface area contributed by atoms with Gasteiger partial charge in [0.1, 0.15) is 10.7 Å². The Bertz CT molecular complexity index is 672. The molecule has 5 nitrogen and oxygen atoms in total. The van der Waals surface area contributed by atoms with Crippen molar-refractivity contribution in [1.82, 2.24) is 9.97 Å². The van der Waals surface area contributed by atoms with Crippen LogP contribution in [0.5, 0.6) is 0 Å². The molecule has 0 unspecified atom stereocenters. The Morgan fingerprint density at radius 1 is 1.20 bits per heavy atom. The Kier molecular flexibility index (Phi) is 3.56. The monoisotopic (exact) mass is 286 g/mol. The summed E-state index contributed by atoms with van der Waals surface area (Å²) in [6, 6.07) is 6.45. The molecule has 0 amide bonds. The van der Waals surface area contributed by atoms with Crippen molar-refractivity contribution in [1.29, 1.82) is 0 Å². The molecule has 0 spiro atoms. The largest absolute Gasteiger partial charge is 0.409 e. The summed E-state index contributed by atoms with van der Waals surface area (Å²) in [7, 11) is 0. The first-order valence-electron chi connectivity index (χ1n) is 6.36. The van der Waals surface area contributed by atoms with Gasteiger partial charge in [-0.1, -0.05) is 23.0 Å². The molecular formula is C14H14N4OS. The number of hydrogen-bond donors (Lipinski definition) is 2. The summed E-state index contributed by atoms with van der Waals surface area (Å²) < 4.78 is 0. The summed E-state index contributed by atoms with van der Waals surface area (Å²) in [6.07, 6.45) is 6.66. The molecule has 1 heterocycles. The van der Waals surface area contributed by atoms with Crippen molar-refractivity contribution in [2.75, 3.05) is 0 Å². The molecule has 3 rings (SSSR count). The molecule has 0 saturated heterocycles. The van der Waals surface area contributed by atoms with Crippen LogP contribution in [0.2, 0.25) is 0 Å². The second kappa shape index (κ2) is 5.50. The quantitative estimate of drug-likeness (QED) is 0.391. The number of rotatable bonds is 3. The molecule has 1 aromatic heterocycles. The fourth-order valence-corrected chi connectivity index (χ4v) is 3.27. The van der Waals surface area contributed by atoms with Gasteiger partial charge in [0.25, 0.3) is 0 Å². The normalized spacial score (nSPS) is 14.3. The zero-order valence-electron chi connectivity index (χ0n) is 10.8. The number of hydrogen-bond acceptors (Lipinski definition) is 5. The van der Waals surface area contributed by atoms with Crippen molar-refractivity contribution in [3.63, 3.8) is 0 Å². The Labute approximate surface area is 120 Å². The van der Waals surface area contributed by atoms with Crippen LogP contribution >= 0.6 is 11.8 Å². The van der Waals surface area contributed by atoms with Gasteiger partial charge in [0.15, 0.2) is 5.84 Å². The van der Waals surface area contributed by atoms with Crippen LogP contribution in [0, 0.1) is 0 Å². The molecular weight excluding hydrogens is 272 g/mol. The molecule has 3 N–H and O–H groups in total. The van der Waals surface area contributed by atoms with Crippen molar-refractivity contribution in [2.24, 2.45) is 10.9 Å². The van der Waals surface area contributed by atoms with Crippen molar-refractivity contribution in [3.05, 3.63) is 47.4 Å². The lowest BCUT2D eigenvalue weighted by molar-refractivity contribution is 0.318. The highest BCUT2D eigenvalue weighted by Gasteiger charge is 2.14. The maximum absolute atomic E-state index is 8.79. The molecule has 0 fully saturated rings. The van der Waals surface area contributed by atoms with Gasteiger partial charge >= 0.3 is 0 Å². The Balaban J connectivity index is 1.92. The van der Waals surface area contributed by atoms with E-state index >= 15 is 0 Å². The molecule has 0 radical (unpaired) electrons. The molecule has 1 aromatic carbocycles. The Morgan fingerprint density at radius 3 is 2.85 bits per heavy atom. The minimum absolute atomic E-state index is 0.0261. The third-order valence-electron chi connectivity index (χ3n) is 3.30. The van der Waals surface area contributed by atoms with Crippen molar-refractivity contribution >= 4 is 17.6 Å². The summed E-state index contributed by atoms with van der Waals surface area (Å²) in [5.74, 6) is -0.0261. The lowest BCUT2D eigenvalue weighted by Crippen LogP contribution is -2.16. The molecule has 1 aliphatic carbocycles. The Morgan fingerprint density at radius 2 is 2.00 bits per heavy atom. The molecule has 2 aromatic rings. The van der Waals surface area contributed by atoms with E-state index in [0.29, 0.717) is 10.7 Å². The van der Waals surface area contributed by atoms with Crippen LogP contribution in [-0.2, 0) is 12.8 Å². The lowest BCUT2D eigenvalue weighted by Gasteiger charge is -2.07. The highest BCUT2D eigenvalue weighted by molar-refractivity contribution is 7.99. The van der Waals surface area contributed by atoms with Crippen LogP contribution in [0.4, 0.5) is 0 Å². The maximum Gasteiger partial charge on any atom is 0.191 e. The van der Waals surface area contributed by atoms with Crippen LogP contribution in [0.3, 0.4) is 0 Å². The van der Waals surface area contributed by atoms with Crippen LogP contribution < -0.4 is 5.73 Å². The van der Waals surface area contributed by atoms with Gasteiger partial charge in [0.2, 0.25) is 0 Å². The minimum Gasteiger partial charge on any atom is -0.409 e. The average Bonchev–Trinajstić information content (AvgIpc) is 2.94. The zero-order chi connectivity index (χ0) is 13.9. The SMILES string of the molecule is NC(=NO)c1nccnc1Sc1ccc2c(c1)CCC2. The molecule has 1 aliphatic rings. The van der Waals surface area contributed by atoms with E-state index < -0.39 is 0 Å². The molecule has 0 atom stereocenters. The highest BCUT2D eigenvalue weighted by Crippen LogP contribution is 2.32. The molecule has 0 bridgehead atoms. The van der Waals surface area contributed by atoms with E-state index in [-0.39, 0.29) is 5.84 Å². The second-order valence-electron chi connectivity index (χ2n) is 4.58. The van der Waals surface area contributed by atoms with E-state index in [1.807, 2.05) is 0 Å². The van der Waals surface area contributed by atoms with Gasteiger partial charge in [-0.15, -0.1) is 0 Å². The average molecular weight is 286 g/mol. The fraction of sp³-hybridized carbons (Fsp3) is 0.214. The number of oxime groups is 1. The number of amidine groups is 1. The maximum atomic E-state index is 8.79. The van der Waals surface area contributed by atoms with Crippen LogP contribution in [-0.4, -0.2) is 21.0 Å². The zero-order valence-corrected chi connectivity index (χ0v) is 11.6. The first-order chi connectivity index (χ1) is 9.78. The number of aryl methyl sites for hydroxylation is 2. The summed E-state index contributed by atoms with van der Waals surface area (Å²) in [6.45, 7) is 0. The van der Waals surface area contributed by atoms with E-state index in [2.05, 4.69) is 33.3 Å². The van der Waals surface area contributed by atoms with E-state index in [1.54, 1.807) is 6.20 Å².